The highest BCUT2D eigenvalue weighted by molar-refractivity contribution is 7.89. The fourth-order valence-electron chi connectivity index (χ4n) is 2.93. The molecule has 0 amide bonds. The third kappa shape index (κ3) is 3.60. The minimum absolute atomic E-state index is 0.134. The topological polar surface area (TPSA) is 99.2 Å². The Balaban J connectivity index is 2.00. The van der Waals surface area contributed by atoms with Gasteiger partial charge in [0, 0.05) is 31.9 Å². The molecule has 0 aliphatic heterocycles. The van der Waals surface area contributed by atoms with E-state index in [0.29, 0.717) is 22.9 Å². The molecule has 144 valence electrons. The van der Waals surface area contributed by atoms with Crippen LogP contribution in [0.3, 0.4) is 0 Å². The molecule has 0 saturated heterocycles. The second-order valence-corrected chi connectivity index (χ2v) is 7.94. The number of hydrogen-bond acceptors (Lipinski definition) is 6. The van der Waals surface area contributed by atoms with Crippen LogP contribution in [-0.4, -0.2) is 30.3 Å². The van der Waals surface area contributed by atoms with Crippen LogP contribution in [0.2, 0.25) is 0 Å². The van der Waals surface area contributed by atoms with Crippen molar-refractivity contribution in [2.24, 2.45) is 7.05 Å². The van der Waals surface area contributed by atoms with E-state index in [0.717, 1.165) is 11.3 Å². The van der Waals surface area contributed by atoms with E-state index in [1.54, 1.807) is 44.7 Å². The van der Waals surface area contributed by atoms with Gasteiger partial charge in [0.2, 0.25) is 15.9 Å². The highest BCUT2D eigenvalue weighted by atomic mass is 32.2. The zero-order chi connectivity index (χ0) is 19.8. The van der Waals surface area contributed by atoms with Crippen molar-refractivity contribution < 1.29 is 17.6 Å². The van der Waals surface area contributed by atoms with E-state index in [9.17, 15) is 8.42 Å². The van der Waals surface area contributed by atoms with Crippen LogP contribution < -0.4 is 9.46 Å². The molecule has 2 heterocycles. The van der Waals surface area contributed by atoms with Crippen molar-refractivity contribution in [3.8, 4) is 17.2 Å². The van der Waals surface area contributed by atoms with Crippen LogP contribution in [0.15, 0.2) is 33.6 Å². The molecular weight excluding hydrogens is 368 g/mol. The molecule has 27 heavy (non-hydrogen) atoms. The molecule has 1 aromatic carbocycles. The van der Waals surface area contributed by atoms with Crippen LogP contribution in [0, 0.1) is 20.8 Å². The smallest absolute Gasteiger partial charge is 0.250 e. The molecular formula is C18H22N4O4S. The molecule has 0 aliphatic carbocycles. The molecule has 0 radical (unpaired) electrons. The van der Waals surface area contributed by atoms with Crippen molar-refractivity contribution in [3.05, 3.63) is 47.1 Å². The van der Waals surface area contributed by atoms with Crippen LogP contribution in [0.25, 0.3) is 11.5 Å². The van der Waals surface area contributed by atoms with Gasteiger partial charge in [0.25, 0.3) is 5.89 Å². The molecule has 0 fully saturated rings. The SMILES string of the molecule is COc1cccc(CNS(=O)(=O)c2c(-c3nnc(C)o3)c(C)n(C)c2C)c1. The van der Waals surface area contributed by atoms with Crippen LogP contribution in [0.4, 0.5) is 0 Å². The summed E-state index contributed by atoms with van der Waals surface area (Å²) in [5.41, 5.74) is 2.54. The Bertz CT molecular complexity index is 1080. The first-order valence-electron chi connectivity index (χ1n) is 8.33. The molecule has 1 N–H and O–H groups in total. The van der Waals surface area contributed by atoms with Gasteiger partial charge in [-0.15, -0.1) is 10.2 Å². The molecule has 0 bridgehead atoms. The average Bonchev–Trinajstić information content (AvgIpc) is 3.17. The number of ether oxygens (including phenoxy) is 1. The maximum atomic E-state index is 13.1. The number of aryl methyl sites for hydroxylation is 1. The number of sulfonamides is 1. The summed E-state index contributed by atoms with van der Waals surface area (Å²) < 4.78 is 41.3. The number of aromatic nitrogens is 3. The molecule has 3 rings (SSSR count). The molecule has 3 aromatic rings. The number of hydrogen-bond donors (Lipinski definition) is 1. The molecule has 2 aromatic heterocycles. The van der Waals surface area contributed by atoms with E-state index in [1.807, 2.05) is 19.1 Å². The van der Waals surface area contributed by atoms with Crippen molar-refractivity contribution in [1.82, 2.24) is 19.5 Å². The summed E-state index contributed by atoms with van der Waals surface area (Å²) in [6.45, 7) is 5.37. The lowest BCUT2D eigenvalue weighted by atomic mass is 10.2. The Labute approximate surface area is 158 Å². The van der Waals surface area contributed by atoms with Crippen molar-refractivity contribution in [2.75, 3.05) is 7.11 Å². The van der Waals surface area contributed by atoms with Gasteiger partial charge in [0.05, 0.1) is 12.7 Å². The minimum atomic E-state index is -3.82. The van der Waals surface area contributed by atoms with Crippen LogP contribution in [0.1, 0.15) is 22.8 Å². The first kappa shape index (κ1) is 19.1. The zero-order valence-electron chi connectivity index (χ0n) is 15.9. The lowest BCUT2D eigenvalue weighted by molar-refractivity contribution is 0.414. The summed E-state index contributed by atoms with van der Waals surface area (Å²) >= 11 is 0. The number of rotatable bonds is 6. The molecule has 8 nitrogen and oxygen atoms in total. The van der Waals surface area contributed by atoms with E-state index in [-0.39, 0.29) is 17.3 Å². The van der Waals surface area contributed by atoms with Crippen LogP contribution in [-0.2, 0) is 23.6 Å². The number of nitrogens with one attached hydrogen (secondary N) is 1. The largest absolute Gasteiger partial charge is 0.497 e. The molecule has 9 heteroatoms. The van der Waals surface area contributed by atoms with Crippen LogP contribution in [0.5, 0.6) is 5.75 Å². The first-order chi connectivity index (χ1) is 12.7. The molecule has 0 aliphatic rings. The van der Waals surface area contributed by atoms with E-state index >= 15 is 0 Å². The standard InChI is InChI=1S/C18H22N4O4S/c1-11-16(18-21-20-13(3)26-18)17(12(2)22(11)4)27(23,24)19-10-14-7-6-8-15(9-14)25-5/h6-9,19H,10H2,1-5H3. The predicted octanol–water partition coefficient (Wildman–Crippen LogP) is 2.49. The van der Waals surface area contributed by atoms with E-state index < -0.39 is 10.0 Å². The second kappa shape index (κ2) is 7.16. The van der Waals surface area contributed by atoms with Gasteiger partial charge in [-0.2, -0.15) is 0 Å². The third-order valence-electron chi connectivity index (χ3n) is 4.53. The molecule has 0 saturated carbocycles. The summed E-state index contributed by atoms with van der Waals surface area (Å²) in [5, 5.41) is 7.83. The number of methoxy groups -OCH3 is 1. The van der Waals surface area contributed by atoms with Gasteiger partial charge in [0.15, 0.2) is 0 Å². The normalized spacial score (nSPS) is 11.7. The summed E-state index contributed by atoms with van der Waals surface area (Å²) in [7, 11) is -0.448. The van der Waals surface area contributed by atoms with Gasteiger partial charge in [-0.05, 0) is 31.5 Å². The number of nitrogens with zero attached hydrogens (tertiary/aromatic N) is 3. The average molecular weight is 390 g/mol. The quantitative estimate of drug-likeness (QED) is 0.694. The van der Waals surface area contributed by atoms with E-state index in [4.69, 9.17) is 9.15 Å². The summed E-state index contributed by atoms with van der Waals surface area (Å²) in [4.78, 5) is 0.147. The summed E-state index contributed by atoms with van der Waals surface area (Å²) in [5.74, 6) is 1.23. The van der Waals surface area contributed by atoms with Crippen molar-refractivity contribution in [2.45, 2.75) is 32.2 Å². The Morgan fingerprint density at radius 1 is 1.19 bits per heavy atom. The Morgan fingerprint density at radius 2 is 1.93 bits per heavy atom. The van der Waals surface area contributed by atoms with Crippen molar-refractivity contribution >= 4 is 10.0 Å². The molecule has 0 spiro atoms. The van der Waals surface area contributed by atoms with E-state index in [1.165, 1.54) is 0 Å². The Morgan fingerprint density at radius 3 is 2.56 bits per heavy atom. The van der Waals surface area contributed by atoms with Crippen molar-refractivity contribution in [1.29, 1.82) is 0 Å². The van der Waals surface area contributed by atoms with Gasteiger partial charge < -0.3 is 13.7 Å². The maximum Gasteiger partial charge on any atom is 0.250 e. The minimum Gasteiger partial charge on any atom is -0.497 e. The van der Waals surface area contributed by atoms with Gasteiger partial charge in [-0.1, -0.05) is 12.1 Å². The zero-order valence-corrected chi connectivity index (χ0v) is 16.7. The highest BCUT2D eigenvalue weighted by Crippen LogP contribution is 2.34. The Kier molecular flexibility index (Phi) is 5.07. The van der Waals surface area contributed by atoms with Gasteiger partial charge >= 0.3 is 0 Å². The van der Waals surface area contributed by atoms with Gasteiger partial charge in [-0.25, -0.2) is 13.1 Å². The maximum absolute atomic E-state index is 13.1. The first-order valence-corrected chi connectivity index (χ1v) is 9.82. The van der Waals surface area contributed by atoms with Gasteiger partial charge in [-0.3, -0.25) is 0 Å². The molecule has 0 unspecified atom stereocenters. The second-order valence-electron chi connectivity index (χ2n) is 6.24. The molecule has 0 atom stereocenters. The third-order valence-corrected chi connectivity index (χ3v) is 6.09. The van der Waals surface area contributed by atoms with E-state index in [2.05, 4.69) is 14.9 Å². The lowest BCUT2D eigenvalue weighted by Crippen LogP contribution is -2.24. The van der Waals surface area contributed by atoms with Crippen LogP contribution >= 0.6 is 0 Å². The predicted molar refractivity (Wildman–Crippen MR) is 99.9 cm³/mol. The lowest BCUT2D eigenvalue weighted by Gasteiger charge is -2.09. The summed E-state index contributed by atoms with van der Waals surface area (Å²) in [6.07, 6.45) is 0. The highest BCUT2D eigenvalue weighted by Gasteiger charge is 2.30. The Hall–Kier alpha value is -2.65. The van der Waals surface area contributed by atoms with Crippen molar-refractivity contribution in [3.63, 3.8) is 0 Å². The fraction of sp³-hybridized carbons (Fsp3) is 0.333. The van der Waals surface area contributed by atoms with Gasteiger partial charge in [0.1, 0.15) is 10.6 Å². The fourth-order valence-corrected chi connectivity index (χ4v) is 4.46. The number of benzene rings is 1. The monoisotopic (exact) mass is 390 g/mol. The summed E-state index contributed by atoms with van der Waals surface area (Å²) in [6, 6.07) is 7.23.